The fourth-order valence-electron chi connectivity index (χ4n) is 4.27. The van der Waals surface area contributed by atoms with Gasteiger partial charge in [-0.15, -0.1) is 0 Å². The number of carbonyl (C=O) groups is 2. The molecule has 4 N–H and O–H groups in total. The smallest absolute Gasteiger partial charge is 0.335 e. The number of halogens is 2. The minimum atomic E-state index is -0.965. The number of carboxylic acids is 1. The Balaban J connectivity index is 0.000000189. The van der Waals surface area contributed by atoms with Gasteiger partial charge in [-0.25, -0.2) is 13.6 Å². The van der Waals surface area contributed by atoms with Gasteiger partial charge in [0.05, 0.1) is 32.0 Å². The predicted molar refractivity (Wildman–Crippen MR) is 184 cm³/mol. The lowest BCUT2D eigenvalue weighted by Gasteiger charge is -2.38. The maximum absolute atomic E-state index is 12.8. The summed E-state index contributed by atoms with van der Waals surface area (Å²) < 4.78 is 35.6. The molecule has 0 spiro atoms. The van der Waals surface area contributed by atoms with E-state index in [0.717, 1.165) is 30.9 Å². The zero-order valence-electron chi connectivity index (χ0n) is 27.4. The highest BCUT2D eigenvalue weighted by Crippen LogP contribution is 2.25. The van der Waals surface area contributed by atoms with Crippen LogP contribution in [0.15, 0.2) is 97.1 Å². The lowest BCUT2D eigenvalue weighted by molar-refractivity contribution is -0.0978. The summed E-state index contributed by atoms with van der Waals surface area (Å²) in [6.07, 6.45) is 0. The molecular weight excluding hydrogens is 626 g/mol. The molecule has 0 atom stereocenters. The quantitative estimate of drug-likeness (QED) is 0.230. The zero-order chi connectivity index (χ0) is 35.3. The van der Waals surface area contributed by atoms with Gasteiger partial charge in [-0.1, -0.05) is 37.5 Å². The molecule has 49 heavy (non-hydrogen) atoms. The normalized spacial score (nSPS) is 14.6. The lowest BCUT2D eigenvalue weighted by Crippen LogP contribution is -2.48. The van der Waals surface area contributed by atoms with Crippen LogP contribution in [0.2, 0.25) is 0 Å². The molecule has 0 aromatic heterocycles. The molecule has 4 aromatic carbocycles. The topological polar surface area (TPSA) is 111 Å². The van der Waals surface area contributed by atoms with E-state index >= 15 is 0 Å². The number of rotatable bonds is 5. The standard InChI is InChI=1S/C20H18FNO2.C15H9FO2.C5H11NO/c1-20(13-24-14-20)12-22-19(23)17-8-4-15(5-9-17)2-3-16-6-10-18(21)11-7-16;16-14-9-5-12(6-10-14)2-1-11-3-7-13(8-4-11)15(17)18;1-5(2-6)3-7-4-5/h4-11H,12-14H2,1H3,(H,22,23);3-10H,(H,17,18);2-4,6H2,1H3. The number of aromatic carboxylic acids is 1. The van der Waals surface area contributed by atoms with Crippen LogP contribution in [0.25, 0.3) is 0 Å². The Labute approximate surface area is 285 Å². The monoisotopic (exact) mass is 664 g/mol. The molecule has 2 aliphatic rings. The summed E-state index contributed by atoms with van der Waals surface area (Å²) in [7, 11) is 0. The maximum atomic E-state index is 12.8. The lowest BCUT2D eigenvalue weighted by atomic mass is 9.88. The third kappa shape index (κ3) is 11.7. The molecule has 6 rings (SSSR count). The van der Waals surface area contributed by atoms with Crippen LogP contribution in [0.4, 0.5) is 8.78 Å². The molecule has 7 nitrogen and oxygen atoms in total. The molecule has 0 bridgehead atoms. The first kappa shape index (κ1) is 36.5. The minimum absolute atomic E-state index is 0.0518. The third-order valence-electron chi connectivity index (χ3n) is 7.64. The van der Waals surface area contributed by atoms with Gasteiger partial charge in [0.25, 0.3) is 5.91 Å². The zero-order valence-corrected chi connectivity index (χ0v) is 27.4. The molecular formula is C40H38F2N2O5. The van der Waals surface area contributed by atoms with E-state index in [-0.39, 0.29) is 28.5 Å². The molecule has 0 radical (unpaired) electrons. The number of benzene rings is 4. The van der Waals surface area contributed by atoms with Crippen molar-refractivity contribution in [1.82, 2.24) is 5.32 Å². The van der Waals surface area contributed by atoms with E-state index in [4.69, 9.17) is 20.3 Å². The number of carboxylic acid groups (broad SMARTS) is 1. The summed E-state index contributed by atoms with van der Waals surface area (Å²) in [6.45, 7) is 8.66. The molecule has 2 saturated heterocycles. The van der Waals surface area contributed by atoms with Crippen LogP contribution >= 0.6 is 0 Å². The number of amides is 1. The molecule has 4 aromatic rings. The van der Waals surface area contributed by atoms with Gasteiger partial charge in [0.15, 0.2) is 0 Å². The van der Waals surface area contributed by atoms with E-state index in [0.29, 0.717) is 41.9 Å². The van der Waals surface area contributed by atoms with E-state index in [1.54, 1.807) is 60.7 Å². The maximum Gasteiger partial charge on any atom is 0.335 e. The van der Waals surface area contributed by atoms with Gasteiger partial charge >= 0.3 is 5.97 Å². The van der Waals surface area contributed by atoms with Crippen molar-refractivity contribution < 1.29 is 33.0 Å². The van der Waals surface area contributed by atoms with Crippen molar-refractivity contribution in [3.63, 3.8) is 0 Å². The molecule has 2 aliphatic heterocycles. The minimum Gasteiger partial charge on any atom is -0.478 e. The second-order valence-corrected chi connectivity index (χ2v) is 12.5. The third-order valence-corrected chi connectivity index (χ3v) is 7.64. The number of ether oxygens (including phenoxy) is 2. The number of hydrogen-bond acceptors (Lipinski definition) is 5. The van der Waals surface area contributed by atoms with Crippen LogP contribution in [0.3, 0.4) is 0 Å². The highest BCUT2D eigenvalue weighted by Gasteiger charge is 2.33. The molecule has 252 valence electrons. The van der Waals surface area contributed by atoms with E-state index in [2.05, 4.69) is 42.8 Å². The summed E-state index contributed by atoms with van der Waals surface area (Å²) in [5.41, 5.74) is 9.55. The summed E-state index contributed by atoms with van der Waals surface area (Å²) >= 11 is 0. The van der Waals surface area contributed by atoms with Gasteiger partial charge in [-0.3, -0.25) is 4.79 Å². The Morgan fingerprint density at radius 1 is 0.653 bits per heavy atom. The van der Waals surface area contributed by atoms with Crippen molar-refractivity contribution in [3.05, 3.63) is 142 Å². The fraction of sp³-hybridized carbons (Fsp3) is 0.250. The Hall–Kier alpha value is -5.32. The first-order valence-electron chi connectivity index (χ1n) is 15.6. The molecule has 0 saturated carbocycles. The van der Waals surface area contributed by atoms with Crippen molar-refractivity contribution >= 4 is 11.9 Å². The van der Waals surface area contributed by atoms with E-state index in [1.165, 1.54) is 36.4 Å². The van der Waals surface area contributed by atoms with E-state index < -0.39 is 5.97 Å². The number of hydrogen-bond donors (Lipinski definition) is 3. The number of nitrogens with two attached hydrogens (primary N) is 1. The van der Waals surface area contributed by atoms with Gasteiger partial charge in [0, 0.05) is 51.7 Å². The average Bonchev–Trinajstić information content (AvgIpc) is 3.09. The van der Waals surface area contributed by atoms with Crippen LogP contribution in [0.5, 0.6) is 0 Å². The Morgan fingerprint density at radius 3 is 1.29 bits per heavy atom. The highest BCUT2D eigenvalue weighted by atomic mass is 19.1. The Kier molecular flexibility index (Phi) is 12.8. The Morgan fingerprint density at radius 2 is 1.00 bits per heavy atom. The fourth-order valence-corrected chi connectivity index (χ4v) is 4.27. The molecule has 2 fully saturated rings. The predicted octanol–water partition coefficient (Wildman–Crippen LogP) is 5.90. The van der Waals surface area contributed by atoms with Crippen LogP contribution in [0.1, 0.15) is 56.8 Å². The van der Waals surface area contributed by atoms with Gasteiger partial charge in [0.1, 0.15) is 11.6 Å². The first-order chi connectivity index (χ1) is 23.5. The van der Waals surface area contributed by atoms with Crippen LogP contribution < -0.4 is 11.1 Å². The van der Waals surface area contributed by atoms with Gasteiger partial charge < -0.3 is 25.6 Å². The van der Waals surface area contributed by atoms with Gasteiger partial charge in [0.2, 0.25) is 0 Å². The van der Waals surface area contributed by atoms with Gasteiger partial charge in [-0.2, -0.15) is 0 Å². The van der Waals surface area contributed by atoms with Crippen LogP contribution in [-0.2, 0) is 9.47 Å². The SMILES string of the molecule is CC1(CN)COC1.CC1(CNC(=O)c2ccc(C#Cc3ccc(F)cc3)cc2)COC1.O=C(O)c1ccc(C#Cc2ccc(F)cc2)cc1. The summed E-state index contributed by atoms with van der Waals surface area (Å²) in [6, 6.07) is 25.3. The second-order valence-electron chi connectivity index (χ2n) is 12.5. The van der Waals surface area contributed by atoms with Crippen molar-refractivity contribution in [1.29, 1.82) is 0 Å². The van der Waals surface area contributed by atoms with Gasteiger partial charge in [-0.05, 0) is 97.1 Å². The molecule has 9 heteroatoms. The van der Waals surface area contributed by atoms with E-state index in [9.17, 15) is 18.4 Å². The second kappa shape index (κ2) is 17.2. The largest absolute Gasteiger partial charge is 0.478 e. The average molecular weight is 665 g/mol. The summed E-state index contributed by atoms with van der Waals surface area (Å²) in [5.74, 6) is 10.1. The highest BCUT2D eigenvalue weighted by molar-refractivity contribution is 5.94. The van der Waals surface area contributed by atoms with Crippen LogP contribution in [0, 0.1) is 46.1 Å². The molecule has 2 heterocycles. The number of nitrogens with one attached hydrogen (secondary N) is 1. The van der Waals surface area contributed by atoms with Crippen molar-refractivity contribution in [3.8, 4) is 23.7 Å². The van der Waals surface area contributed by atoms with E-state index in [1.807, 2.05) is 0 Å². The number of carbonyl (C=O) groups excluding carboxylic acids is 1. The van der Waals surface area contributed by atoms with Crippen molar-refractivity contribution in [2.24, 2.45) is 16.6 Å². The van der Waals surface area contributed by atoms with Crippen LogP contribution in [-0.4, -0.2) is 56.5 Å². The summed E-state index contributed by atoms with van der Waals surface area (Å²) in [4.78, 5) is 22.8. The molecule has 0 unspecified atom stereocenters. The summed E-state index contributed by atoms with van der Waals surface area (Å²) in [5, 5.41) is 11.7. The Bertz CT molecular complexity index is 1820. The molecule has 0 aliphatic carbocycles. The first-order valence-corrected chi connectivity index (χ1v) is 15.6. The van der Waals surface area contributed by atoms with Crippen molar-refractivity contribution in [2.45, 2.75) is 13.8 Å². The van der Waals surface area contributed by atoms with Crippen molar-refractivity contribution in [2.75, 3.05) is 39.5 Å². The molecule has 1 amide bonds.